The number of nitrogens with one attached hydrogen (secondary N) is 1. The van der Waals surface area contributed by atoms with E-state index in [-0.39, 0.29) is 24.1 Å². The third-order valence-electron chi connectivity index (χ3n) is 5.75. The molecule has 1 fully saturated rings. The van der Waals surface area contributed by atoms with E-state index in [1.165, 1.54) is 16.8 Å². The van der Waals surface area contributed by atoms with Crippen LogP contribution in [-0.2, 0) is 4.79 Å². The van der Waals surface area contributed by atoms with Crippen molar-refractivity contribution in [3.8, 4) is 11.1 Å². The summed E-state index contributed by atoms with van der Waals surface area (Å²) in [6.07, 6.45) is 0. The minimum Gasteiger partial charge on any atom is -0.456 e. The summed E-state index contributed by atoms with van der Waals surface area (Å²) in [4.78, 5) is 28.9. The molecule has 1 saturated heterocycles. The largest absolute Gasteiger partial charge is 0.456 e. The van der Waals surface area contributed by atoms with E-state index in [0.29, 0.717) is 18.8 Å². The van der Waals surface area contributed by atoms with Gasteiger partial charge in [0.2, 0.25) is 5.91 Å². The van der Waals surface area contributed by atoms with Crippen LogP contribution in [0.2, 0.25) is 0 Å². The van der Waals surface area contributed by atoms with E-state index in [4.69, 9.17) is 4.42 Å². The standard InChI is InChI=1S/C25H27N3O3/c1-18-16-23(31-19(18)2)25(30)26-17-24(29)28-14-12-27(13-15-28)22-11-7-6-10-21(22)20-8-4-3-5-9-20/h3-11,16H,12-15,17H2,1-2H3,(H,26,30). The van der Waals surface area contributed by atoms with Crippen molar-refractivity contribution in [2.45, 2.75) is 13.8 Å². The Labute approximate surface area is 182 Å². The lowest BCUT2D eigenvalue weighted by Crippen LogP contribution is -2.51. The number of furan rings is 1. The van der Waals surface area contributed by atoms with Crippen molar-refractivity contribution < 1.29 is 14.0 Å². The second-order valence-corrected chi connectivity index (χ2v) is 7.78. The summed E-state index contributed by atoms with van der Waals surface area (Å²) in [5.41, 5.74) is 4.47. The number of carbonyl (C=O) groups excluding carboxylic acids is 2. The van der Waals surface area contributed by atoms with Crippen LogP contribution in [-0.4, -0.2) is 49.4 Å². The molecule has 0 radical (unpaired) electrons. The molecule has 4 rings (SSSR count). The van der Waals surface area contributed by atoms with Gasteiger partial charge in [0.05, 0.1) is 6.54 Å². The molecule has 2 heterocycles. The maximum atomic E-state index is 12.6. The zero-order valence-electron chi connectivity index (χ0n) is 17.9. The maximum Gasteiger partial charge on any atom is 0.287 e. The summed E-state index contributed by atoms with van der Waals surface area (Å²) in [5, 5.41) is 2.67. The molecule has 3 aromatic rings. The normalized spacial score (nSPS) is 13.9. The zero-order chi connectivity index (χ0) is 21.8. The van der Waals surface area contributed by atoms with E-state index in [1.54, 1.807) is 11.0 Å². The van der Waals surface area contributed by atoms with Crippen LogP contribution in [0.25, 0.3) is 11.1 Å². The lowest BCUT2D eigenvalue weighted by Gasteiger charge is -2.37. The molecular formula is C25H27N3O3. The van der Waals surface area contributed by atoms with Crippen LogP contribution in [0.15, 0.2) is 65.1 Å². The number of hydrogen-bond acceptors (Lipinski definition) is 4. The van der Waals surface area contributed by atoms with Gasteiger partial charge in [-0.2, -0.15) is 0 Å². The van der Waals surface area contributed by atoms with Gasteiger partial charge in [-0.3, -0.25) is 9.59 Å². The molecule has 0 spiro atoms. The van der Waals surface area contributed by atoms with Gasteiger partial charge in [0.1, 0.15) is 5.76 Å². The predicted molar refractivity (Wildman–Crippen MR) is 121 cm³/mol. The predicted octanol–water partition coefficient (Wildman–Crippen LogP) is 3.64. The Morgan fingerprint density at radius 2 is 1.61 bits per heavy atom. The Kier molecular flexibility index (Phi) is 6.07. The van der Waals surface area contributed by atoms with Gasteiger partial charge >= 0.3 is 0 Å². The SMILES string of the molecule is Cc1cc(C(=O)NCC(=O)N2CCN(c3ccccc3-c3ccccc3)CC2)oc1C. The second kappa shape index (κ2) is 9.08. The minimum atomic E-state index is -0.361. The molecule has 0 unspecified atom stereocenters. The molecule has 160 valence electrons. The van der Waals surface area contributed by atoms with E-state index < -0.39 is 0 Å². The number of aryl methyl sites for hydroxylation is 2. The topological polar surface area (TPSA) is 65.8 Å². The van der Waals surface area contributed by atoms with Crippen LogP contribution in [0.1, 0.15) is 21.9 Å². The molecule has 0 saturated carbocycles. The first-order valence-electron chi connectivity index (χ1n) is 10.6. The monoisotopic (exact) mass is 417 g/mol. The molecule has 1 aliphatic rings. The molecule has 2 amide bonds. The maximum absolute atomic E-state index is 12.6. The van der Waals surface area contributed by atoms with Crippen molar-refractivity contribution in [2.24, 2.45) is 0 Å². The third kappa shape index (κ3) is 4.63. The second-order valence-electron chi connectivity index (χ2n) is 7.78. The average Bonchev–Trinajstić information content (AvgIpc) is 3.16. The summed E-state index contributed by atoms with van der Waals surface area (Å²) < 4.78 is 5.42. The first-order chi connectivity index (χ1) is 15.0. The third-order valence-corrected chi connectivity index (χ3v) is 5.75. The van der Waals surface area contributed by atoms with E-state index >= 15 is 0 Å². The van der Waals surface area contributed by atoms with Gasteiger partial charge in [0.15, 0.2) is 5.76 Å². The van der Waals surface area contributed by atoms with Gasteiger partial charge in [-0.15, -0.1) is 0 Å². The van der Waals surface area contributed by atoms with Gasteiger partial charge in [-0.05, 0) is 37.1 Å². The van der Waals surface area contributed by atoms with E-state index in [9.17, 15) is 9.59 Å². The molecule has 0 aliphatic carbocycles. The fourth-order valence-corrected chi connectivity index (χ4v) is 3.85. The van der Waals surface area contributed by atoms with Crippen LogP contribution >= 0.6 is 0 Å². The highest BCUT2D eigenvalue weighted by Gasteiger charge is 2.23. The van der Waals surface area contributed by atoms with Crippen molar-refractivity contribution in [1.82, 2.24) is 10.2 Å². The van der Waals surface area contributed by atoms with Crippen molar-refractivity contribution in [3.05, 3.63) is 77.7 Å². The van der Waals surface area contributed by atoms with Crippen LogP contribution in [0, 0.1) is 13.8 Å². The molecule has 1 aromatic heterocycles. The number of amides is 2. The smallest absolute Gasteiger partial charge is 0.287 e. The van der Waals surface area contributed by atoms with Crippen molar-refractivity contribution in [2.75, 3.05) is 37.6 Å². The summed E-state index contributed by atoms with van der Waals surface area (Å²) in [6, 6.07) is 20.4. The molecule has 1 aliphatic heterocycles. The summed E-state index contributed by atoms with van der Waals surface area (Å²) in [7, 11) is 0. The number of hydrogen-bond donors (Lipinski definition) is 1. The molecule has 31 heavy (non-hydrogen) atoms. The Hall–Kier alpha value is -3.54. The van der Waals surface area contributed by atoms with Crippen LogP contribution in [0.4, 0.5) is 5.69 Å². The number of anilines is 1. The number of para-hydroxylation sites is 1. The molecule has 0 atom stereocenters. The fraction of sp³-hybridized carbons (Fsp3) is 0.280. The van der Waals surface area contributed by atoms with Crippen LogP contribution in [0.3, 0.4) is 0 Å². The highest BCUT2D eigenvalue weighted by molar-refractivity contribution is 5.94. The van der Waals surface area contributed by atoms with E-state index in [0.717, 1.165) is 18.7 Å². The molecule has 6 nitrogen and oxygen atoms in total. The van der Waals surface area contributed by atoms with Crippen LogP contribution < -0.4 is 10.2 Å². The van der Waals surface area contributed by atoms with Gasteiger partial charge < -0.3 is 19.5 Å². The molecule has 2 aromatic carbocycles. The molecule has 0 bridgehead atoms. The lowest BCUT2D eigenvalue weighted by molar-refractivity contribution is -0.130. The Morgan fingerprint density at radius 3 is 2.29 bits per heavy atom. The zero-order valence-corrected chi connectivity index (χ0v) is 17.9. The highest BCUT2D eigenvalue weighted by Crippen LogP contribution is 2.31. The number of carbonyl (C=O) groups is 2. The summed E-state index contributed by atoms with van der Waals surface area (Å²) in [5.74, 6) is 0.512. The first kappa shape index (κ1) is 20.7. The quantitative estimate of drug-likeness (QED) is 0.688. The average molecular weight is 418 g/mol. The molecule has 6 heteroatoms. The number of nitrogens with zero attached hydrogens (tertiary/aromatic N) is 2. The van der Waals surface area contributed by atoms with Gasteiger partial charge in [-0.1, -0.05) is 48.5 Å². The van der Waals surface area contributed by atoms with Crippen LogP contribution in [0.5, 0.6) is 0 Å². The minimum absolute atomic E-state index is 0.0295. The molecular weight excluding hydrogens is 390 g/mol. The van der Waals surface area contributed by atoms with Crippen molar-refractivity contribution >= 4 is 17.5 Å². The summed E-state index contributed by atoms with van der Waals surface area (Å²) >= 11 is 0. The fourth-order valence-electron chi connectivity index (χ4n) is 3.85. The first-order valence-corrected chi connectivity index (χ1v) is 10.6. The number of benzene rings is 2. The number of piperazine rings is 1. The Morgan fingerprint density at radius 1 is 0.935 bits per heavy atom. The Bertz CT molecular complexity index is 1050. The summed E-state index contributed by atoms with van der Waals surface area (Å²) in [6.45, 7) is 6.41. The van der Waals surface area contributed by atoms with Crippen molar-refractivity contribution in [1.29, 1.82) is 0 Å². The highest BCUT2D eigenvalue weighted by atomic mass is 16.3. The Balaban J connectivity index is 1.34. The van der Waals surface area contributed by atoms with Crippen molar-refractivity contribution in [3.63, 3.8) is 0 Å². The van der Waals surface area contributed by atoms with Gasteiger partial charge in [0.25, 0.3) is 5.91 Å². The number of rotatable bonds is 5. The van der Waals surface area contributed by atoms with Gasteiger partial charge in [0, 0.05) is 37.4 Å². The van der Waals surface area contributed by atoms with E-state index in [2.05, 4.69) is 40.5 Å². The molecule has 1 N–H and O–H groups in total. The van der Waals surface area contributed by atoms with Gasteiger partial charge in [-0.25, -0.2) is 0 Å². The van der Waals surface area contributed by atoms with E-state index in [1.807, 2.05) is 38.1 Å². The lowest BCUT2D eigenvalue weighted by atomic mass is 10.0.